The van der Waals surface area contributed by atoms with E-state index in [1.807, 2.05) is 11.8 Å². The molecule has 0 N–H and O–H groups in total. The van der Waals surface area contributed by atoms with E-state index in [1.165, 1.54) is 11.1 Å². The summed E-state index contributed by atoms with van der Waals surface area (Å²) in [6.45, 7) is 9.11. The lowest BCUT2D eigenvalue weighted by Crippen LogP contribution is -2.29. The van der Waals surface area contributed by atoms with Crippen LogP contribution in [-0.2, 0) is 4.79 Å². The van der Waals surface area contributed by atoms with Gasteiger partial charge >= 0.3 is 0 Å². The number of likely N-dealkylation sites (N-methyl/N-ethyl adjacent to an activating group) is 1. The summed E-state index contributed by atoms with van der Waals surface area (Å²) in [6, 6.07) is 6.32. The fourth-order valence-electron chi connectivity index (χ4n) is 2.56. The van der Waals surface area contributed by atoms with Gasteiger partial charge in [-0.3, -0.25) is 4.79 Å². The molecule has 0 bridgehead atoms. The van der Waals surface area contributed by atoms with E-state index < -0.39 is 0 Å². The van der Waals surface area contributed by atoms with Gasteiger partial charge in [-0.05, 0) is 31.4 Å². The zero-order valence-corrected chi connectivity index (χ0v) is 10.4. The molecule has 0 saturated carbocycles. The number of anilines is 1. The molecule has 2 heteroatoms. The first-order chi connectivity index (χ1) is 7.56. The Hall–Kier alpha value is -1.31. The van der Waals surface area contributed by atoms with Gasteiger partial charge in [-0.1, -0.05) is 31.5 Å². The molecule has 0 fully saturated rings. The van der Waals surface area contributed by atoms with Crippen molar-refractivity contribution in [2.45, 2.75) is 33.6 Å². The van der Waals surface area contributed by atoms with Crippen molar-refractivity contribution in [3.8, 4) is 0 Å². The van der Waals surface area contributed by atoms with Gasteiger partial charge in [0, 0.05) is 12.2 Å². The molecular formula is C14H19NO. The molecule has 1 unspecified atom stereocenters. The minimum Gasteiger partial charge on any atom is -0.312 e. The molecule has 16 heavy (non-hydrogen) atoms. The van der Waals surface area contributed by atoms with Crippen molar-refractivity contribution in [2.24, 2.45) is 5.92 Å². The number of rotatable bonds is 2. The van der Waals surface area contributed by atoms with Crippen LogP contribution in [0.15, 0.2) is 18.2 Å². The number of hydrogen-bond donors (Lipinski definition) is 0. The topological polar surface area (TPSA) is 20.3 Å². The lowest BCUT2D eigenvalue weighted by molar-refractivity contribution is -0.120. The van der Waals surface area contributed by atoms with Crippen LogP contribution in [0.25, 0.3) is 0 Å². The minimum atomic E-state index is 0.0508. The van der Waals surface area contributed by atoms with Crippen molar-refractivity contribution in [2.75, 3.05) is 11.4 Å². The quantitative estimate of drug-likeness (QED) is 0.745. The lowest BCUT2D eigenvalue weighted by Gasteiger charge is -2.16. The molecule has 1 aromatic rings. The molecule has 1 heterocycles. The van der Waals surface area contributed by atoms with E-state index >= 15 is 0 Å². The second-order valence-electron chi connectivity index (χ2n) is 4.87. The van der Waals surface area contributed by atoms with Crippen molar-refractivity contribution in [3.63, 3.8) is 0 Å². The van der Waals surface area contributed by atoms with Crippen LogP contribution < -0.4 is 4.90 Å². The summed E-state index contributed by atoms with van der Waals surface area (Å²) in [6.07, 6.45) is 0. The molecule has 0 radical (unpaired) electrons. The summed E-state index contributed by atoms with van der Waals surface area (Å²) >= 11 is 0. The number of aryl methyl sites for hydroxylation is 1. The maximum atomic E-state index is 12.3. The Balaban J connectivity index is 2.55. The SMILES string of the molecule is CCN1C(=O)C(C(C)C)c2cc(C)ccc21. The maximum absolute atomic E-state index is 12.3. The number of nitrogens with zero attached hydrogens (tertiary/aromatic N) is 1. The molecule has 1 aliphatic rings. The smallest absolute Gasteiger partial charge is 0.234 e. The number of carbonyl (C=O) groups excluding carboxylic acids is 1. The highest BCUT2D eigenvalue weighted by Gasteiger charge is 2.37. The van der Waals surface area contributed by atoms with Crippen LogP contribution in [0.4, 0.5) is 5.69 Å². The lowest BCUT2D eigenvalue weighted by atomic mass is 9.89. The van der Waals surface area contributed by atoms with Crippen LogP contribution in [0.5, 0.6) is 0 Å². The summed E-state index contributed by atoms with van der Waals surface area (Å²) in [5.41, 5.74) is 3.55. The first-order valence-electron chi connectivity index (χ1n) is 5.98. The van der Waals surface area contributed by atoms with Crippen LogP contribution >= 0.6 is 0 Å². The van der Waals surface area contributed by atoms with Gasteiger partial charge < -0.3 is 4.90 Å². The molecule has 1 amide bonds. The summed E-state index contributed by atoms with van der Waals surface area (Å²) in [4.78, 5) is 14.2. The zero-order chi connectivity index (χ0) is 11.9. The summed E-state index contributed by atoms with van der Waals surface area (Å²) in [5, 5.41) is 0. The highest BCUT2D eigenvalue weighted by atomic mass is 16.2. The van der Waals surface area contributed by atoms with Crippen LogP contribution in [0, 0.1) is 12.8 Å². The molecular weight excluding hydrogens is 198 g/mol. The monoisotopic (exact) mass is 217 g/mol. The molecule has 1 atom stereocenters. The first kappa shape index (κ1) is 11.2. The van der Waals surface area contributed by atoms with Gasteiger partial charge in [0.25, 0.3) is 0 Å². The van der Waals surface area contributed by atoms with Gasteiger partial charge in [-0.15, -0.1) is 0 Å². The number of hydrogen-bond acceptors (Lipinski definition) is 1. The summed E-state index contributed by atoms with van der Waals surface area (Å²) < 4.78 is 0. The van der Waals surface area contributed by atoms with Crippen LogP contribution in [0.3, 0.4) is 0 Å². The van der Waals surface area contributed by atoms with Gasteiger partial charge in [0.2, 0.25) is 5.91 Å². The van der Waals surface area contributed by atoms with Crippen LogP contribution in [0.2, 0.25) is 0 Å². The number of fused-ring (bicyclic) bond motifs is 1. The highest BCUT2D eigenvalue weighted by Crippen LogP contribution is 2.41. The van der Waals surface area contributed by atoms with Gasteiger partial charge in [-0.2, -0.15) is 0 Å². The average molecular weight is 217 g/mol. The second kappa shape index (κ2) is 3.93. The van der Waals surface area contributed by atoms with E-state index in [2.05, 4.69) is 39.0 Å². The van der Waals surface area contributed by atoms with E-state index in [-0.39, 0.29) is 11.8 Å². The van der Waals surface area contributed by atoms with E-state index in [1.54, 1.807) is 0 Å². The summed E-state index contributed by atoms with van der Waals surface area (Å²) in [5.74, 6) is 0.678. The predicted octanol–water partition coefficient (Wildman–Crippen LogP) is 3.10. The van der Waals surface area contributed by atoms with Crippen molar-refractivity contribution in [3.05, 3.63) is 29.3 Å². The Bertz CT molecular complexity index is 423. The van der Waals surface area contributed by atoms with Crippen molar-refractivity contribution >= 4 is 11.6 Å². The maximum Gasteiger partial charge on any atom is 0.234 e. The molecule has 86 valence electrons. The number of carbonyl (C=O) groups is 1. The van der Waals surface area contributed by atoms with E-state index in [0.717, 1.165) is 12.2 Å². The van der Waals surface area contributed by atoms with Gasteiger partial charge in [0.15, 0.2) is 0 Å². The fraction of sp³-hybridized carbons (Fsp3) is 0.500. The van der Waals surface area contributed by atoms with E-state index in [9.17, 15) is 4.79 Å². The van der Waals surface area contributed by atoms with E-state index in [0.29, 0.717) is 5.92 Å². The molecule has 2 nitrogen and oxygen atoms in total. The molecule has 0 spiro atoms. The van der Waals surface area contributed by atoms with Gasteiger partial charge in [0.05, 0.1) is 5.92 Å². The first-order valence-corrected chi connectivity index (χ1v) is 5.98. The van der Waals surface area contributed by atoms with Gasteiger partial charge in [0.1, 0.15) is 0 Å². The predicted molar refractivity (Wildman–Crippen MR) is 66.8 cm³/mol. The molecule has 0 aliphatic carbocycles. The Morgan fingerprint density at radius 1 is 1.38 bits per heavy atom. The third kappa shape index (κ3) is 1.53. The third-order valence-corrected chi connectivity index (χ3v) is 3.32. The van der Waals surface area contributed by atoms with E-state index in [4.69, 9.17) is 0 Å². The fourth-order valence-corrected chi connectivity index (χ4v) is 2.56. The molecule has 0 saturated heterocycles. The third-order valence-electron chi connectivity index (χ3n) is 3.32. The van der Waals surface area contributed by atoms with Crippen LogP contribution in [0.1, 0.15) is 37.8 Å². The van der Waals surface area contributed by atoms with Crippen molar-refractivity contribution in [1.82, 2.24) is 0 Å². The normalized spacial score (nSPS) is 19.4. The highest BCUT2D eigenvalue weighted by molar-refractivity contribution is 6.05. The number of amides is 1. The van der Waals surface area contributed by atoms with Crippen LogP contribution in [-0.4, -0.2) is 12.5 Å². The van der Waals surface area contributed by atoms with Gasteiger partial charge in [-0.25, -0.2) is 0 Å². The standard InChI is InChI=1S/C14H19NO/c1-5-15-12-7-6-10(4)8-11(12)13(9(2)3)14(15)16/h6-9,13H,5H2,1-4H3. The minimum absolute atomic E-state index is 0.0508. The largest absolute Gasteiger partial charge is 0.312 e. The molecule has 1 aromatic carbocycles. The zero-order valence-electron chi connectivity index (χ0n) is 10.4. The number of benzene rings is 1. The Morgan fingerprint density at radius 2 is 2.06 bits per heavy atom. The molecule has 1 aliphatic heterocycles. The summed E-state index contributed by atoms with van der Waals surface area (Å²) in [7, 11) is 0. The van der Waals surface area contributed by atoms with Crippen molar-refractivity contribution < 1.29 is 4.79 Å². The second-order valence-corrected chi connectivity index (χ2v) is 4.87. The average Bonchev–Trinajstić information content (AvgIpc) is 2.48. The van der Waals surface area contributed by atoms with Crippen molar-refractivity contribution in [1.29, 1.82) is 0 Å². The molecule has 2 rings (SSSR count). The Morgan fingerprint density at radius 3 is 2.62 bits per heavy atom. The Kier molecular flexibility index (Phi) is 2.75. The molecule has 0 aromatic heterocycles. The Labute approximate surface area is 97.3 Å².